The lowest BCUT2D eigenvalue weighted by Crippen LogP contribution is -2.26. The minimum absolute atomic E-state index is 0.338. The van der Waals surface area contributed by atoms with E-state index in [0.717, 1.165) is 12.8 Å². The average Bonchev–Trinajstić information content (AvgIpc) is 1.86. The third-order valence-electron chi connectivity index (χ3n) is 2.48. The largest absolute Gasteiger partial charge is 0.391 e. The number of hydrogen-bond acceptors (Lipinski definition) is 0. The second kappa shape index (κ2) is 3.03. The van der Waals surface area contributed by atoms with Crippen LogP contribution in [0, 0.1) is 11.8 Å². The van der Waals surface area contributed by atoms with E-state index in [1.807, 2.05) is 6.92 Å². The van der Waals surface area contributed by atoms with Crippen molar-refractivity contribution in [1.82, 2.24) is 0 Å². The van der Waals surface area contributed by atoms with E-state index in [0.29, 0.717) is 18.8 Å². The summed E-state index contributed by atoms with van der Waals surface area (Å²) in [5, 5.41) is 0. The van der Waals surface area contributed by atoms with Gasteiger partial charge in [0.2, 0.25) is 0 Å². The first-order valence-electron chi connectivity index (χ1n) is 4.07. The summed E-state index contributed by atoms with van der Waals surface area (Å²) in [6, 6.07) is 0. The van der Waals surface area contributed by atoms with Gasteiger partial charge in [-0.05, 0) is 18.8 Å². The fraction of sp³-hybridized carbons (Fsp3) is 1.00. The molecule has 0 atom stereocenters. The maximum absolute atomic E-state index is 12.1. The molecule has 0 N–H and O–H groups in total. The Balaban J connectivity index is 2.39. The van der Waals surface area contributed by atoms with Crippen molar-refractivity contribution >= 4 is 0 Å². The van der Waals surface area contributed by atoms with Gasteiger partial charge in [-0.3, -0.25) is 0 Å². The molecule has 0 heterocycles. The van der Waals surface area contributed by atoms with Gasteiger partial charge in [0.1, 0.15) is 0 Å². The highest BCUT2D eigenvalue weighted by molar-refractivity contribution is 4.74. The summed E-state index contributed by atoms with van der Waals surface area (Å²) in [4.78, 5) is 0. The fourth-order valence-corrected chi connectivity index (χ4v) is 1.59. The zero-order chi connectivity index (χ0) is 8.48. The maximum Gasteiger partial charge on any atom is 0.391 e. The first-order valence-corrected chi connectivity index (χ1v) is 4.07. The molecule has 0 aromatic heterocycles. The van der Waals surface area contributed by atoms with E-state index in [4.69, 9.17) is 0 Å². The molecular weight excluding hydrogens is 153 g/mol. The van der Waals surface area contributed by atoms with Crippen molar-refractivity contribution in [2.75, 3.05) is 0 Å². The highest BCUT2D eigenvalue weighted by Crippen LogP contribution is 2.39. The van der Waals surface area contributed by atoms with Crippen molar-refractivity contribution in [3.05, 3.63) is 0 Å². The van der Waals surface area contributed by atoms with Crippen LogP contribution >= 0.6 is 0 Å². The third kappa shape index (κ3) is 2.38. The van der Waals surface area contributed by atoms with E-state index >= 15 is 0 Å². The predicted molar refractivity (Wildman–Crippen MR) is 37.2 cm³/mol. The zero-order valence-electron chi connectivity index (χ0n) is 6.62. The molecule has 66 valence electrons. The van der Waals surface area contributed by atoms with Gasteiger partial charge in [-0.2, -0.15) is 13.2 Å². The molecule has 0 radical (unpaired) electrons. The molecule has 0 spiro atoms. The Kier molecular flexibility index (Phi) is 2.45. The summed E-state index contributed by atoms with van der Waals surface area (Å²) in [5.41, 5.74) is 0. The molecule has 1 aliphatic rings. The Bertz CT molecular complexity index is 120. The standard InChI is InChI=1S/C8H13F3/c1-6-2-4-7(5-3-6)8(9,10)11/h6-7H,2-5H2,1H3/t6-,7+. The molecule has 0 nitrogen and oxygen atoms in total. The molecule has 0 unspecified atom stereocenters. The molecule has 1 rings (SSSR count). The lowest BCUT2D eigenvalue weighted by atomic mass is 9.83. The molecule has 11 heavy (non-hydrogen) atoms. The monoisotopic (exact) mass is 166 g/mol. The lowest BCUT2D eigenvalue weighted by molar-refractivity contribution is -0.183. The van der Waals surface area contributed by atoms with Gasteiger partial charge in [0.15, 0.2) is 0 Å². The van der Waals surface area contributed by atoms with Crippen LogP contribution in [-0.2, 0) is 0 Å². The predicted octanol–water partition coefficient (Wildman–Crippen LogP) is 3.38. The van der Waals surface area contributed by atoms with Crippen molar-refractivity contribution in [2.45, 2.75) is 38.8 Å². The van der Waals surface area contributed by atoms with Crippen molar-refractivity contribution in [1.29, 1.82) is 0 Å². The molecule has 1 aliphatic carbocycles. The number of alkyl halides is 3. The smallest absolute Gasteiger partial charge is 0.171 e. The second-order valence-electron chi connectivity index (χ2n) is 3.50. The second-order valence-corrected chi connectivity index (χ2v) is 3.50. The maximum atomic E-state index is 12.1. The van der Waals surface area contributed by atoms with Gasteiger partial charge in [0.05, 0.1) is 5.92 Å². The molecular formula is C8H13F3. The molecule has 0 aromatic rings. The molecule has 3 heteroatoms. The number of halogens is 3. The Labute approximate surface area is 64.8 Å². The van der Waals surface area contributed by atoms with E-state index in [9.17, 15) is 13.2 Å². The Morgan fingerprint density at radius 3 is 1.82 bits per heavy atom. The van der Waals surface area contributed by atoms with Gasteiger partial charge >= 0.3 is 6.18 Å². The molecule has 0 amide bonds. The summed E-state index contributed by atoms with van der Waals surface area (Å²) in [7, 11) is 0. The van der Waals surface area contributed by atoms with Crippen LogP contribution in [0.1, 0.15) is 32.6 Å². The minimum Gasteiger partial charge on any atom is -0.171 e. The first kappa shape index (κ1) is 8.88. The van der Waals surface area contributed by atoms with Crippen LogP contribution < -0.4 is 0 Å². The van der Waals surface area contributed by atoms with Crippen molar-refractivity contribution < 1.29 is 13.2 Å². The van der Waals surface area contributed by atoms with Gasteiger partial charge in [-0.1, -0.05) is 19.8 Å². The van der Waals surface area contributed by atoms with E-state index in [1.54, 1.807) is 0 Å². The Morgan fingerprint density at radius 2 is 1.45 bits per heavy atom. The van der Waals surface area contributed by atoms with E-state index < -0.39 is 12.1 Å². The molecule has 0 bridgehead atoms. The number of hydrogen-bond donors (Lipinski definition) is 0. The lowest BCUT2D eigenvalue weighted by Gasteiger charge is -2.27. The summed E-state index contributed by atoms with van der Waals surface area (Å²) in [5.74, 6) is -0.521. The Morgan fingerprint density at radius 1 is 1.00 bits per heavy atom. The van der Waals surface area contributed by atoms with E-state index in [1.165, 1.54) is 0 Å². The molecule has 0 saturated heterocycles. The SMILES string of the molecule is C[C@H]1CC[C@@H](C(F)(F)F)CC1. The highest BCUT2D eigenvalue weighted by Gasteiger charge is 2.40. The van der Waals surface area contributed by atoms with Crippen LogP contribution in [0.2, 0.25) is 0 Å². The van der Waals surface area contributed by atoms with Crippen LogP contribution in [0.25, 0.3) is 0 Å². The van der Waals surface area contributed by atoms with Gasteiger partial charge in [-0.25, -0.2) is 0 Å². The van der Waals surface area contributed by atoms with Crippen molar-refractivity contribution in [2.24, 2.45) is 11.8 Å². The van der Waals surface area contributed by atoms with Gasteiger partial charge in [0.25, 0.3) is 0 Å². The van der Waals surface area contributed by atoms with Crippen molar-refractivity contribution in [3.8, 4) is 0 Å². The summed E-state index contributed by atoms with van der Waals surface area (Å²) >= 11 is 0. The van der Waals surface area contributed by atoms with Crippen LogP contribution in [0.5, 0.6) is 0 Å². The van der Waals surface area contributed by atoms with E-state index in [2.05, 4.69) is 0 Å². The molecule has 1 saturated carbocycles. The topological polar surface area (TPSA) is 0 Å². The molecule has 0 aliphatic heterocycles. The van der Waals surface area contributed by atoms with Crippen molar-refractivity contribution in [3.63, 3.8) is 0 Å². The average molecular weight is 166 g/mol. The first-order chi connectivity index (χ1) is 5.00. The highest BCUT2D eigenvalue weighted by atomic mass is 19.4. The molecule has 0 aromatic carbocycles. The van der Waals surface area contributed by atoms with Gasteiger partial charge in [0, 0.05) is 0 Å². The Hall–Kier alpha value is -0.210. The number of rotatable bonds is 0. The van der Waals surface area contributed by atoms with Gasteiger partial charge < -0.3 is 0 Å². The normalized spacial score (nSPS) is 33.8. The summed E-state index contributed by atoms with van der Waals surface area (Å²) < 4.78 is 36.2. The minimum atomic E-state index is -3.94. The summed E-state index contributed by atoms with van der Waals surface area (Å²) in [6.07, 6.45) is -1.79. The fourth-order valence-electron chi connectivity index (χ4n) is 1.59. The van der Waals surface area contributed by atoms with Crippen LogP contribution in [-0.4, -0.2) is 6.18 Å². The van der Waals surface area contributed by atoms with Crippen LogP contribution in [0.15, 0.2) is 0 Å². The van der Waals surface area contributed by atoms with Gasteiger partial charge in [-0.15, -0.1) is 0 Å². The van der Waals surface area contributed by atoms with Crippen LogP contribution in [0.3, 0.4) is 0 Å². The third-order valence-corrected chi connectivity index (χ3v) is 2.48. The summed E-state index contributed by atoms with van der Waals surface area (Å²) in [6.45, 7) is 2.02. The van der Waals surface area contributed by atoms with Crippen LogP contribution in [0.4, 0.5) is 13.2 Å². The quantitative estimate of drug-likeness (QED) is 0.517. The zero-order valence-corrected chi connectivity index (χ0v) is 6.62. The molecule has 1 fully saturated rings. The van der Waals surface area contributed by atoms with E-state index in [-0.39, 0.29) is 0 Å².